The highest BCUT2D eigenvalue weighted by Gasteiger charge is 2.28. The van der Waals surface area contributed by atoms with Gasteiger partial charge in [-0.3, -0.25) is 0 Å². The number of nitrogens with one attached hydrogen (secondary N) is 1. The summed E-state index contributed by atoms with van der Waals surface area (Å²) in [6.45, 7) is -1.24. The van der Waals surface area contributed by atoms with Gasteiger partial charge in [-0.1, -0.05) is 47.5 Å². The number of nitrogens with zero attached hydrogens (tertiary/aromatic N) is 4. The highest BCUT2D eigenvalue weighted by atomic mass is 35.5. The summed E-state index contributed by atoms with van der Waals surface area (Å²) in [5, 5.41) is 7.75. The number of alkyl halides is 3. The Bertz CT molecular complexity index is 1170. The molecule has 0 aliphatic rings. The van der Waals surface area contributed by atoms with E-state index < -0.39 is 12.7 Å². The molecule has 4 aromatic rings. The Morgan fingerprint density at radius 3 is 2.34 bits per heavy atom. The molecule has 0 unspecified atom stereocenters. The third-order valence-corrected chi connectivity index (χ3v) is 4.68. The Hall–Kier alpha value is -2.84. The lowest BCUT2D eigenvalue weighted by molar-refractivity contribution is -0.115. The number of para-hydroxylation sites is 1. The van der Waals surface area contributed by atoms with E-state index in [1.165, 1.54) is 6.33 Å². The van der Waals surface area contributed by atoms with Gasteiger partial charge in [0.05, 0.1) is 10.7 Å². The maximum absolute atomic E-state index is 12.7. The number of benzene rings is 2. The van der Waals surface area contributed by atoms with Crippen molar-refractivity contribution in [1.29, 1.82) is 0 Å². The van der Waals surface area contributed by atoms with Crippen LogP contribution in [-0.4, -0.2) is 32.5 Å². The number of halogens is 5. The first-order valence-electron chi connectivity index (χ1n) is 8.39. The van der Waals surface area contributed by atoms with Crippen LogP contribution in [0.25, 0.3) is 28.0 Å². The minimum absolute atomic E-state index is 0.0201. The molecule has 5 nitrogen and oxygen atoms in total. The summed E-state index contributed by atoms with van der Waals surface area (Å²) < 4.78 is 39.6. The van der Waals surface area contributed by atoms with E-state index in [4.69, 9.17) is 23.2 Å². The van der Waals surface area contributed by atoms with Gasteiger partial charge in [0, 0.05) is 10.6 Å². The second-order valence-electron chi connectivity index (χ2n) is 6.11. The van der Waals surface area contributed by atoms with Crippen molar-refractivity contribution in [2.24, 2.45) is 0 Å². The molecule has 2 heterocycles. The maximum Gasteiger partial charge on any atom is 0.405 e. The molecule has 0 atom stereocenters. The molecule has 0 bridgehead atoms. The van der Waals surface area contributed by atoms with Crippen LogP contribution in [0.4, 0.5) is 19.0 Å². The van der Waals surface area contributed by atoms with Crippen molar-refractivity contribution in [3.63, 3.8) is 0 Å². The predicted molar refractivity (Wildman–Crippen MR) is 107 cm³/mol. The lowest BCUT2D eigenvalue weighted by Crippen LogP contribution is -2.22. The molecule has 0 saturated heterocycles. The molecule has 1 N–H and O–H groups in total. The van der Waals surface area contributed by atoms with Crippen molar-refractivity contribution in [2.45, 2.75) is 6.18 Å². The second-order valence-corrected chi connectivity index (χ2v) is 6.95. The first-order valence-corrected chi connectivity index (χ1v) is 9.14. The van der Waals surface area contributed by atoms with E-state index in [2.05, 4.69) is 20.4 Å². The first-order chi connectivity index (χ1) is 13.8. The van der Waals surface area contributed by atoms with Crippen LogP contribution in [0.15, 0.2) is 54.9 Å². The average molecular weight is 438 g/mol. The minimum Gasteiger partial charge on any atom is -0.359 e. The van der Waals surface area contributed by atoms with Crippen LogP contribution in [-0.2, 0) is 0 Å². The van der Waals surface area contributed by atoms with Crippen molar-refractivity contribution in [1.82, 2.24) is 19.7 Å². The van der Waals surface area contributed by atoms with Gasteiger partial charge in [0.25, 0.3) is 0 Å². The normalized spacial score (nSPS) is 11.8. The fraction of sp³-hybridized carbons (Fsp3) is 0.105. The van der Waals surface area contributed by atoms with Crippen LogP contribution in [0.3, 0.4) is 0 Å². The zero-order chi connectivity index (χ0) is 20.6. The van der Waals surface area contributed by atoms with Gasteiger partial charge in [0.1, 0.15) is 24.1 Å². The number of hydrogen-bond acceptors (Lipinski definition) is 4. The fourth-order valence-corrected chi connectivity index (χ4v) is 3.22. The molecule has 0 saturated carbocycles. The molecular formula is C19H12Cl2F3N5. The van der Waals surface area contributed by atoms with Crippen LogP contribution in [0, 0.1) is 0 Å². The number of hydrogen-bond donors (Lipinski definition) is 1. The highest BCUT2D eigenvalue weighted by molar-refractivity contribution is 6.32. The lowest BCUT2D eigenvalue weighted by Gasteiger charge is -2.09. The fourth-order valence-electron chi connectivity index (χ4n) is 2.87. The summed E-state index contributed by atoms with van der Waals surface area (Å²) in [5.74, 6) is -0.0201. The Morgan fingerprint density at radius 2 is 1.66 bits per heavy atom. The number of aromatic nitrogens is 4. The van der Waals surface area contributed by atoms with Crippen molar-refractivity contribution >= 4 is 40.1 Å². The van der Waals surface area contributed by atoms with E-state index in [1.54, 1.807) is 53.2 Å². The Morgan fingerprint density at radius 1 is 0.931 bits per heavy atom. The molecule has 0 fully saturated rings. The summed E-state index contributed by atoms with van der Waals surface area (Å²) in [6, 6.07) is 14.0. The van der Waals surface area contributed by atoms with Crippen LogP contribution < -0.4 is 5.32 Å². The summed E-state index contributed by atoms with van der Waals surface area (Å²) in [6.07, 6.45) is -3.21. The number of anilines is 1. The smallest absolute Gasteiger partial charge is 0.359 e. The van der Waals surface area contributed by atoms with Crippen molar-refractivity contribution in [2.75, 3.05) is 11.9 Å². The van der Waals surface area contributed by atoms with E-state index in [0.717, 1.165) is 5.56 Å². The molecule has 2 aromatic carbocycles. The van der Waals surface area contributed by atoms with Crippen LogP contribution in [0.1, 0.15) is 0 Å². The molecule has 0 aliphatic heterocycles. The molecule has 0 amide bonds. The van der Waals surface area contributed by atoms with Crippen LogP contribution >= 0.6 is 23.2 Å². The number of rotatable bonds is 4. The van der Waals surface area contributed by atoms with Crippen LogP contribution in [0.5, 0.6) is 0 Å². The maximum atomic E-state index is 12.7. The summed E-state index contributed by atoms with van der Waals surface area (Å²) in [7, 11) is 0. The molecular weight excluding hydrogens is 426 g/mol. The molecule has 148 valence electrons. The molecule has 0 spiro atoms. The molecule has 0 aliphatic carbocycles. The molecule has 4 rings (SSSR count). The van der Waals surface area contributed by atoms with Crippen molar-refractivity contribution < 1.29 is 13.2 Å². The third-order valence-electron chi connectivity index (χ3n) is 4.11. The Kier molecular flexibility index (Phi) is 5.06. The largest absolute Gasteiger partial charge is 0.405 e. The molecule has 29 heavy (non-hydrogen) atoms. The summed E-state index contributed by atoms with van der Waals surface area (Å²) in [4.78, 5) is 8.21. The van der Waals surface area contributed by atoms with Gasteiger partial charge in [-0.05, 0) is 24.3 Å². The highest BCUT2D eigenvalue weighted by Crippen LogP contribution is 2.34. The zero-order valence-electron chi connectivity index (χ0n) is 14.6. The van der Waals surface area contributed by atoms with Gasteiger partial charge in [0.2, 0.25) is 0 Å². The monoisotopic (exact) mass is 437 g/mol. The van der Waals surface area contributed by atoms with E-state index >= 15 is 0 Å². The van der Waals surface area contributed by atoms with Gasteiger partial charge in [-0.15, -0.1) is 0 Å². The summed E-state index contributed by atoms with van der Waals surface area (Å²) >= 11 is 12.3. The average Bonchev–Trinajstić information content (AvgIpc) is 3.06. The van der Waals surface area contributed by atoms with Crippen molar-refractivity contribution in [3.8, 4) is 16.9 Å². The minimum atomic E-state index is -4.40. The van der Waals surface area contributed by atoms with Gasteiger partial charge in [0.15, 0.2) is 11.3 Å². The molecule has 2 aromatic heterocycles. The number of fused-ring (bicyclic) bond motifs is 1. The predicted octanol–water partition coefficient (Wildman–Crippen LogP) is 5.76. The van der Waals surface area contributed by atoms with Gasteiger partial charge in [-0.25, -0.2) is 14.6 Å². The molecule has 0 radical (unpaired) electrons. The van der Waals surface area contributed by atoms with Gasteiger partial charge < -0.3 is 5.32 Å². The van der Waals surface area contributed by atoms with Gasteiger partial charge in [-0.2, -0.15) is 18.3 Å². The SMILES string of the molecule is FC(F)(F)CNc1ncnc2c(-c3ccc(Cl)cc3)n(-c3ccccc3Cl)nc12. The van der Waals surface area contributed by atoms with E-state index in [0.29, 0.717) is 26.9 Å². The third kappa shape index (κ3) is 3.99. The lowest BCUT2D eigenvalue weighted by atomic mass is 10.1. The first kappa shape index (κ1) is 19.5. The van der Waals surface area contributed by atoms with Crippen molar-refractivity contribution in [3.05, 3.63) is 64.9 Å². The van der Waals surface area contributed by atoms with E-state index in [-0.39, 0.29) is 11.3 Å². The quantitative estimate of drug-likeness (QED) is 0.440. The standard InChI is InChI=1S/C19H12Cl2F3N5/c20-12-7-5-11(6-8-12)17-15-16(18(27-10-26-15)25-9-19(22,23)24)28-29(17)14-4-2-1-3-13(14)21/h1-8,10H,9H2,(H,25,26,27). The molecule has 10 heteroatoms. The summed E-state index contributed by atoms with van der Waals surface area (Å²) in [5.41, 5.74) is 2.41. The second kappa shape index (κ2) is 7.53. The zero-order valence-corrected chi connectivity index (χ0v) is 16.1. The van der Waals surface area contributed by atoms with Gasteiger partial charge >= 0.3 is 6.18 Å². The Balaban J connectivity index is 1.96. The topological polar surface area (TPSA) is 55.6 Å². The van der Waals surface area contributed by atoms with Crippen LogP contribution in [0.2, 0.25) is 10.0 Å². The Labute approximate surface area is 173 Å². The van der Waals surface area contributed by atoms with E-state index in [9.17, 15) is 13.2 Å². The van der Waals surface area contributed by atoms with E-state index in [1.807, 2.05) is 0 Å².